The average Bonchev–Trinajstić information content (AvgIpc) is 2.73. The number of hydrogen-bond donors (Lipinski definition) is 2. The molecule has 0 aliphatic heterocycles. The zero-order chi connectivity index (χ0) is 23.5. The van der Waals surface area contributed by atoms with Crippen LogP contribution in [0.2, 0.25) is 5.02 Å². The molecule has 32 heavy (non-hydrogen) atoms. The van der Waals surface area contributed by atoms with E-state index in [0.717, 1.165) is 12.1 Å². The lowest BCUT2D eigenvalue weighted by Crippen LogP contribution is -2.15. The number of nitrogens with one attached hydrogen (secondary N) is 2. The van der Waals surface area contributed by atoms with Gasteiger partial charge in [-0.05, 0) is 54.6 Å². The van der Waals surface area contributed by atoms with Crippen LogP contribution >= 0.6 is 11.6 Å². The molecule has 2 N–H and O–H groups in total. The van der Waals surface area contributed by atoms with Crippen molar-refractivity contribution in [2.45, 2.75) is 9.79 Å². The first-order valence-corrected chi connectivity index (χ1v) is 12.1. The number of methoxy groups -OCH3 is 1. The van der Waals surface area contributed by atoms with Crippen molar-refractivity contribution in [3.8, 4) is 5.75 Å². The summed E-state index contributed by atoms with van der Waals surface area (Å²) in [5.74, 6) is -0.0873. The van der Waals surface area contributed by atoms with Crippen LogP contribution < -0.4 is 14.2 Å². The summed E-state index contributed by atoms with van der Waals surface area (Å²) in [7, 11) is -6.90. The first kappa shape index (κ1) is 23.3. The van der Waals surface area contributed by atoms with Gasteiger partial charge in [0.1, 0.15) is 0 Å². The normalized spacial score (nSPS) is 11.6. The minimum absolute atomic E-state index is 0.0603. The van der Waals surface area contributed by atoms with Gasteiger partial charge in [0.05, 0.1) is 27.5 Å². The van der Waals surface area contributed by atoms with Crippen molar-refractivity contribution in [3.63, 3.8) is 0 Å². The molecule has 0 aromatic heterocycles. The van der Waals surface area contributed by atoms with Crippen LogP contribution in [0.1, 0.15) is 0 Å². The number of sulfonamides is 2. The molecule has 3 aromatic rings. The quantitative estimate of drug-likeness (QED) is 0.355. The fourth-order valence-corrected chi connectivity index (χ4v) is 4.98. The van der Waals surface area contributed by atoms with E-state index in [1.165, 1.54) is 49.6 Å². The number of nitro groups is 1. The second-order valence-electron chi connectivity index (χ2n) is 6.34. The van der Waals surface area contributed by atoms with Gasteiger partial charge >= 0.3 is 5.69 Å². The number of benzene rings is 3. The third-order valence-electron chi connectivity index (χ3n) is 4.15. The second kappa shape index (κ2) is 9.02. The third-order valence-corrected chi connectivity index (χ3v) is 7.16. The highest BCUT2D eigenvalue weighted by Crippen LogP contribution is 2.30. The first-order valence-electron chi connectivity index (χ1n) is 8.75. The summed E-state index contributed by atoms with van der Waals surface area (Å²) < 4.78 is 59.8. The van der Waals surface area contributed by atoms with E-state index >= 15 is 0 Å². The Balaban J connectivity index is 1.82. The molecule has 0 heterocycles. The van der Waals surface area contributed by atoms with E-state index in [1.54, 1.807) is 12.1 Å². The summed E-state index contributed by atoms with van der Waals surface area (Å²) >= 11 is 5.85. The maximum absolute atomic E-state index is 12.6. The lowest BCUT2D eigenvalue weighted by Gasteiger charge is -2.11. The number of nitrogens with zero attached hydrogens (tertiary/aromatic N) is 1. The lowest BCUT2D eigenvalue weighted by molar-refractivity contribution is -0.386. The number of ether oxygens (including phenoxy) is 1. The predicted molar refractivity (Wildman–Crippen MR) is 119 cm³/mol. The van der Waals surface area contributed by atoms with E-state index in [0.29, 0.717) is 5.02 Å². The van der Waals surface area contributed by atoms with Crippen LogP contribution in [0.25, 0.3) is 0 Å². The van der Waals surface area contributed by atoms with Crippen molar-refractivity contribution in [2.75, 3.05) is 16.6 Å². The van der Waals surface area contributed by atoms with Crippen LogP contribution in [0, 0.1) is 10.1 Å². The van der Waals surface area contributed by atoms with Gasteiger partial charge in [0.15, 0.2) is 5.75 Å². The molecule has 0 saturated heterocycles. The number of anilines is 2. The Hall–Kier alpha value is -3.35. The predicted octanol–water partition coefficient (Wildman–Crippen LogP) is 3.86. The van der Waals surface area contributed by atoms with Gasteiger partial charge in [0.25, 0.3) is 20.0 Å². The topological polar surface area (TPSA) is 145 Å². The van der Waals surface area contributed by atoms with E-state index in [9.17, 15) is 26.9 Å². The van der Waals surface area contributed by atoms with Crippen LogP contribution in [0.4, 0.5) is 17.1 Å². The Bertz CT molecular complexity index is 1380. The molecule has 0 radical (unpaired) electrons. The van der Waals surface area contributed by atoms with E-state index in [1.807, 2.05) is 0 Å². The smallest absolute Gasteiger partial charge is 0.312 e. The summed E-state index contributed by atoms with van der Waals surface area (Å²) in [5.41, 5.74) is -0.183. The van der Waals surface area contributed by atoms with Crippen molar-refractivity contribution in [2.24, 2.45) is 0 Å². The molecule has 13 heteroatoms. The van der Waals surface area contributed by atoms with Crippen LogP contribution in [-0.4, -0.2) is 28.9 Å². The van der Waals surface area contributed by atoms with Gasteiger partial charge in [0, 0.05) is 16.8 Å². The van der Waals surface area contributed by atoms with Gasteiger partial charge in [-0.2, -0.15) is 0 Å². The minimum atomic E-state index is -4.19. The van der Waals surface area contributed by atoms with Gasteiger partial charge in [-0.1, -0.05) is 17.7 Å². The number of nitro benzene ring substituents is 1. The fourth-order valence-electron chi connectivity index (χ4n) is 2.66. The zero-order valence-corrected chi connectivity index (χ0v) is 18.7. The van der Waals surface area contributed by atoms with Gasteiger partial charge in [-0.3, -0.25) is 19.6 Å². The molecule has 10 nitrogen and oxygen atoms in total. The molecule has 0 bridgehead atoms. The molecule has 0 atom stereocenters. The summed E-state index contributed by atoms with van der Waals surface area (Å²) in [6.45, 7) is 0. The Kier molecular flexibility index (Phi) is 6.57. The van der Waals surface area contributed by atoms with E-state index < -0.39 is 30.7 Å². The van der Waals surface area contributed by atoms with Crippen LogP contribution in [0.15, 0.2) is 76.5 Å². The van der Waals surface area contributed by atoms with Gasteiger partial charge in [0.2, 0.25) is 0 Å². The SMILES string of the molecule is COc1ccc(S(=O)(=O)Nc2ccc(S(=O)(=O)Nc3cccc(Cl)c3)cc2)cc1[N+](=O)[O-]. The molecule has 0 saturated carbocycles. The Morgan fingerprint density at radius 2 is 1.44 bits per heavy atom. The molecule has 3 rings (SSSR count). The Morgan fingerprint density at radius 1 is 0.844 bits per heavy atom. The monoisotopic (exact) mass is 497 g/mol. The highest BCUT2D eigenvalue weighted by molar-refractivity contribution is 7.93. The summed E-state index contributed by atoms with van der Waals surface area (Å²) in [6.07, 6.45) is 0. The molecule has 0 aliphatic carbocycles. The number of hydrogen-bond acceptors (Lipinski definition) is 7. The van der Waals surface area contributed by atoms with Crippen LogP contribution in [0.5, 0.6) is 5.75 Å². The molecule has 0 aliphatic rings. The lowest BCUT2D eigenvalue weighted by atomic mass is 10.3. The van der Waals surface area contributed by atoms with Crippen molar-refractivity contribution < 1.29 is 26.5 Å². The Morgan fingerprint density at radius 3 is 2.03 bits per heavy atom. The van der Waals surface area contributed by atoms with Crippen LogP contribution in [0.3, 0.4) is 0 Å². The molecular weight excluding hydrogens is 482 g/mol. The molecule has 0 amide bonds. The summed E-state index contributed by atoms with van der Waals surface area (Å²) in [5, 5.41) is 11.5. The first-order chi connectivity index (χ1) is 15.0. The zero-order valence-electron chi connectivity index (χ0n) is 16.4. The van der Waals surface area contributed by atoms with Gasteiger partial charge in [-0.15, -0.1) is 0 Å². The Labute approximate surface area is 189 Å². The second-order valence-corrected chi connectivity index (χ2v) is 10.1. The van der Waals surface area contributed by atoms with E-state index in [2.05, 4.69) is 9.44 Å². The average molecular weight is 498 g/mol. The van der Waals surface area contributed by atoms with Crippen LogP contribution in [-0.2, 0) is 20.0 Å². The van der Waals surface area contributed by atoms with E-state index in [4.69, 9.17) is 16.3 Å². The maximum atomic E-state index is 12.6. The number of halogens is 1. The van der Waals surface area contributed by atoms with Crippen molar-refractivity contribution in [3.05, 3.63) is 81.9 Å². The fraction of sp³-hybridized carbons (Fsp3) is 0.0526. The number of rotatable bonds is 8. The van der Waals surface area contributed by atoms with Crippen molar-refractivity contribution in [1.29, 1.82) is 0 Å². The molecule has 168 valence electrons. The van der Waals surface area contributed by atoms with Gasteiger partial charge in [-0.25, -0.2) is 16.8 Å². The summed E-state index contributed by atoms with van der Waals surface area (Å²) in [4.78, 5) is 9.91. The van der Waals surface area contributed by atoms with Gasteiger partial charge < -0.3 is 4.74 Å². The highest BCUT2D eigenvalue weighted by atomic mass is 35.5. The highest BCUT2D eigenvalue weighted by Gasteiger charge is 2.22. The molecule has 3 aromatic carbocycles. The summed E-state index contributed by atoms with van der Waals surface area (Å²) in [6, 6.07) is 14.3. The standard InChI is InChI=1S/C19H16ClN3O7S2/c1-30-19-10-9-17(12-18(19)23(24)25)32(28,29)21-14-5-7-16(8-6-14)31(26,27)22-15-4-2-3-13(20)11-15/h2-12,21-22H,1H3. The molecule has 0 unspecified atom stereocenters. The molecular formula is C19H16ClN3O7S2. The van der Waals surface area contributed by atoms with E-state index in [-0.39, 0.29) is 26.9 Å². The van der Waals surface area contributed by atoms with Crippen molar-refractivity contribution >= 4 is 48.7 Å². The van der Waals surface area contributed by atoms with Crippen molar-refractivity contribution in [1.82, 2.24) is 0 Å². The molecule has 0 fully saturated rings. The minimum Gasteiger partial charge on any atom is -0.490 e. The third kappa shape index (κ3) is 5.28. The largest absolute Gasteiger partial charge is 0.490 e. The molecule has 0 spiro atoms. The maximum Gasteiger partial charge on any atom is 0.312 e.